The topological polar surface area (TPSA) is 52.3 Å². The molecular weight excluding hydrogens is 209 g/mol. The van der Waals surface area contributed by atoms with Crippen molar-refractivity contribution < 1.29 is 13.9 Å². The summed E-state index contributed by atoms with van der Waals surface area (Å²) in [5, 5.41) is 0. The molecule has 0 spiro atoms. The second-order valence-electron chi connectivity index (χ2n) is 4.25. The standard InChI is InChI=1S/C12H16FNO2/c1-12(2,11(15)16-3)10(14)8-5-4-6-9(13)7-8/h4-7,10H,14H2,1-3H3/t10-/m1/s1. The number of hydrogen-bond acceptors (Lipinski definition) is 3. The number of methoxy groups -OCH3 is 1. The normalized spacial score (nSPS) is 13.3. The summed E-state index contributed by atoms with van der Waals surface area (Å²) in [5.74, 6) is -0.780. The molecule has 0 unspecified atom stereocenters. The third kappa shape index (κ3) is 2.39. The van der Waals surface area contributed by atoms with Crippen LogP contribution >= 0.6 is 0 Å². The van der Waals surface area contributed by atoms with Gasteiger partial charge < -0.3 is 10.5 Å². The minimum Gasteiger partial charge on any atom is -0.469 e. The molecule has 3 nitrogen and oxygen atoms in total. The zero-order chi connectivity index (χ0) is 12.3. The van der Waals surface area contributed by atoms with Crippen molar-refractivity contribution in [3.63, 3.8) is 0 Å². The molecule has 0 aliphatic heterocycles. The molecule has 1 rings (SSSR count). The van der Waals surface area contributed by atoms with E-state index in [1.165, 1.54) is 19.2 Å². The van der Waals surface area contributed by atoms with Crippen molar-refractivity contribution in [3.8, 4) is 0 Å². The van der Waals surface area contributed by atoms with Crippen molar-refractivity contribution in [3.05, 3.63) is 35.6 Å². The number of carbonyl (C=O) groups is 1. The molecule has 0 aromatic heterocycles. The molecule has 0 saturated heterocycles. The highest BCUT2D eigenvalue weighted by Crippen LogP contribution is 2.32. The van der Waals surface area contributed by atoms with Crippen LogP contribution in [0, 0.1) is 11.2 Å². The summed E-state index contributed by atoms with van der Waals surface area (Å²) in [4.78, 5) is 11.5. The number of nitrogens with two attached hydrogens (primary N) is 1. The first-order chi connectivity index (χ1) is 7.39. The fraction of sp³-hybridized carbons (Fsp3) is 0.417. The van der Waals surface area contributed by atoms with Crippen molar-refractivity contribution in [2.24, 2.45) is 11.1 Å². The van der Waals surface area contributed by atoms with Crippen molar-refractivity contribution >= 4 is 5.97 Å². The van der Waals surface area contributed by atoms with Crippen LogP contribution in [0.3, 0.4) is 0 Å². The highest BCUT2D eigenvalue weighted by molar-refractivity contribution is 5.77. The van der Waals surface area contributed by atoms with Gasteiger partial charge in [0.1, 0.15) is 5.82 Å². The lowest BCUT2D eigenvalue weighted by molar-refractivity contribution is -0.152. The van der Waals surface area contributed by atoms with Crippen LogP contribution in [0.25, 0.3) is 0 Å². The fourth-order valence-electron chi connectivity index (χ4n) is 1.51. The molecule has 16 heavy (non-hydrogen) atoms. The second kappa shape index (κ2) is 4.61. The van der Waals surface area contributed by atoms with Gasteiger partial charge in [0.25, 0.3) is 0 Å². The Morgan fingerprint density at radius 1 is 1.50 bits per heavy atom. The third-order valence-corrected chi connectivity index (χ3v) is 2.70. The van der Waals surface area contributed by atoms with E-state index in [-0.39, 0.29) is 5.82 Å². The second-order valence-corrected chi connectivity index (χ2v) is 4.25. The minimum absolute atomic E-state index is 0.367. The molecule has 2 N–H and O–H groups in total. The Labute approximate surface area is 94.4 Å². The lowest BCUT2D eigenvalue weighted by Gasteiger charge is -2.28. The first kappa shape index (κ1) is 12.6. The molecule has 0 fully saturated rings. The predicted molar refractivity (Wildman–Crippen MR) is 59.1 cm³/mol. The summed E-state index contributed by atoms with van der Waals surface area (Å²) in [5.41, 5.74) is 5.64. The average molecular weight is 225 g/mol. The SMILES string of the molecule is COC(=O)C(C)(C)[C@H](N)c1cccc(F)c1. The molecule has 1 atom stereocenters. The molecule has 1 aromatic rings. The van der Waals surface area contributed by atoms with Crippen LogP contribution in [0.2, 0.25) is 0 Å². The van der Waals surface area contributed by atoms with Crippen LogP contribution in [-0.2, 0) is 9.53 Å². The Morgan fingerprint density at radius 3 is 2.62 bits per heavy atom. The van der Waals surface area contributed by atoms with E-state index in [4.69, 9.17) is 5.73 Å². The van der Waals surface area contributed by atoms with E-state index in [1.54, 1.807) is 26.0 Å². The van der Waals surface area contributed by atoms with Gasteiger partial charge in [-0.05, 0) is 31.5 Å². The monoisotopic (exact) mass is 225 g/mol. The quantitative estimate of drug-likeness (QED) is 0.801. The van der Waals surface area contributed by atoms with Gasteiger partial charge in [-0.3, -0.25) is 4.79 Å². The number of rotatable bonds is 3. The van der Waals surface area contributed by atoms with E-state index in [2.05, 4.69) is 4.74 Å². The van der Waals surface area contributed by atoms with Gasteiger partial charge in [-0.25, -0.2) is 4.39 Å². The number of esters is 1. The Bertz CT molecular complexity index is 390. The van der Waals surface area contributed by atoms with Crippen LogP contribution < -0.4 is 5.73 Å². The van der Waals surface area contributed by atoms with Gasteiger partial charge in [0.15, 0.2) is 0 Å². The summed E-state index contributed by atoms with van der Waals surface area (Å²) in [6.07, 6.45) is 0. The van der Waals surface area contributed by atoms with E-state index < -0.39 is 17.4 Å². The van der Waals surface area contributed by atoms with Crippen molar-refractivity contribution in [1.29, 1.82) is 0 Å². The van der Waals surface area contributed by atoms with E-state index in [9.17, 15) is 9.18 Å². The highest BCUT2D eigenvalue weighted by Gasteiger charge is 2.36. The van der Waals surface area contributed by atoms with Gasteiger partial charge in [0.05, 0.1) is 12.5 Å². The summed E-state index contributed by atoms with van der Waals surface area (Å²) in [6.45, 7) is 3.35. The van der Waals surface area contributed by atoms with Crippen LogP contribution in [0.4, 0.5) is 4.39 Å². The maximum atomic E-state index is 13.0. The summed E-state index contributed by atoms with van der Waals surface area (Å²) < 4.78 is 17.7. The molecule has 0 bridgehead atoms. The molecule has 4 heteroatoms. The Morgan fingerprint density at radius 2 is 2.12 bits per heavy atom. The Kier molecular flexibility index (Phi) is 3.65. The smallest absolute Gasteiger partial charge is 0.313 e. The van der Waals surface area contributed by atoms with E-state index >= 15 is 0 Å². The van der Waals surface area contributed by atoms with Crippen LogP contribution in [-0.4, -0.2) is 13.1 Å². The number of halogens is 1. The summed E-state index contributed by atoms with van der Waals surface area (Å²) >= 11 is 0. The van der Waals surface area contributed by atoms with Gasteiger partial charge in [0.2, 0.25) is 0 Å². The molecule has 0 amide bonds. The first-order valence-corrected chi connectivity index (χ1v) is 4.99. The van der Waals surface area contributed by atoms with E-state index in [1.807, 2.05) is 0 Å². The van der Waals surface area contributed by atoms with E-state index in [0.29, 0.717) is 5.56 Å². The number of carbonyl (C=O) groups excluding carboxylic acids is 1. The van der Waals surface area contributed by atoms with Gasteiger partial charge in [-0.1, -0.05) is 12.1 Å². The lowest BCUT2D eigenvalue weighted by Crippen LogP contribution is -2.37. The average Bonchev–Trinajstić information content (AvgIpc) is 2.26. The molecule has 1 aromatic carbocycles. The van der Waals surface area contributed by atoms with Gasteiger partial charge in [0, 0.05) is 6.04 Å². The van der Waals surface area contributed by atoms with E-state index in [0.717, 1.165) is 0 Å². The molecule has 0 heterocycles. The van der Waals surface area contributed by atoms with Crippen LogP contribution in [0.1, 0.15) is 25.5 Å². The number of ether oxygens (including phenoxy) is 1. The Hall–Kier alpha value is -1.42. The minimum atomic E-state index is -0.886. The number of hydrogen-bond donors (Lipinski definition) is 1. The largest absolute Gasteiger partial charge is 0.469 e. The molecular formula is C12H16FNO2. The molecule has 0 radical (unpaired) electrons. The van der Waals surface area contributed by atoms with Gasteiger partial charge >= 0.3 is 5.97 Å². The maximum absolute atomic E-state index is 13.0. The van der Waals surface area contributed by atoms with Crippen molar-refractivity contribution in [2.45, 2.75) is 19.9 Å². The van der Waals surface area contributed by atoms with Crippen molar-refractivity contribution in [2.75, 3.05) is 7.11 Å². The molecule has 0 aliphatic carbocycles. The number of benzene rings is 1. The van der Waals surface area contributed by atoms with Crippen molar-refractivity contribution in [1.82, 2.24) is 0 Å². The lowest BCUT2D eigenvalue weighted by atomic mass is 9.81. The van der Waals surface area contributed by atoms with Gasteiger partial charge in [-0.2, -0.15) is 0 Å². The van der Waals surface area contributed by atoms with Crippen LogP contribution in [0.15, 0.2) is 24.3 Å². The highest BCUT2D eigenvalue weighted by atomic mass is 19.1. The predicted octanol–water partition coefficient (Wildman–Crippen LogP) is 2.02. The zero-order valence-corrected chi connectivity index (χ0v) is 9.66. The summed E-state index contributed by atoms with van der Waals surface area (Å²) in [7, 11) is 1.31. The zero-order valence-electron chi connectivity index (χ0n) is 9.66. The summed E-state index contributed by atoms with van der Waals surface area (Å²) in [6, 6.07) is 5.32. The van der Waals surface area contributed by atoms with Gasteiger partial charge in [-0.15, -0.1) is 0 Å². The maximum Gasteiger partial charge on any atom is 0.313 e. The Balaban J connectivity index is 3.01. The fourth-order valence-corrected chi connectivity index (χ4v) is 1.51. The molecule has 0 saturated carbocycles. The molecule has 0 aliphatic rings. The third-order valence-electron chi connectivity index (χ3n) is 2.70. The van der Waals surface area contributed by atoms with Crippen LogP contribution in [0.5, 0.6) is 0 Å². The first-order valence-electron chi connectivity index (χ1n) is 4.99. The molecule has 88 valence electrons.